The van der Waals surface area contributed by atoms with Crippen LogP contribution in [-0.2, 0) is 6.54 Å². The molecular formula is C17H18N2OS. The number of carbonyl (C=O) groups excluding carboxylic acids is 1. The topological polar surface area (TPSA) is 55.1 Å². The van der Waals surface area contributed by atoms with Crippen molar-refractivity contribution in [3.05, 3.63) is 56.8 Å². The molecular weight excluding hydrogens is 280 g/mol. The molecule has 0 aliphatic heterocycles. The van der Waals surface area contributed by atoms with Gasteiger partial charge in [0.25, 0.3) is 5.91 Å². The standard InChI is InChI=1S/C17H18N2OS/c1-12-5-8-16(13(2)10-12)17(20)19-11-15-7-6-14(21-15)4-3-9-18/h5-8,10H,9,11,18H2,1-2H3,(H,19,20). The molecule has 0 unspecified atom stereocenters. The van der Waals surface area contributed by atoms with E-state index in [9.17, 15) is 4.79 Å². The number of carbonyl (C=O) groups is 1. The van der Waals surface area contributed by atoms with Gasteiger partial charge in [-0.25, -0.2) is 0 Å². The van der Waals surface area contributed by atoms with Gasteiger partial charge in [0, 0.05) is 10.4 Å². The molecule has 0 aliphatic carbocycles. The largest absolute Gasteiger partial charge is 0.347 e. The Morgan fingerprint density at radius 3 is 2.81 bits per heavy atom. The van der Waals surface area contributed by atoms with Gasteiger partial charge >= 0.3 is 0 Å². The molecule has 0 spiro atoms. The smallest absolute Gasteiger partial charge is 0.251 e. The van der Waals surface area contributed by atoms with E-state index in [1.165, 1.54) is 0 Å². The van der Waals surface area contributed by atoms with E-state index < -0.39 is 0 Å². The minimum Gasteiger partial charge on any atom is -0.347 e. The molecule has 2 aromatic rings. The maximum absolute atomic E-state index is 12.2. The summed E-state index contributed by atoms with van der Waals surface area (Å²) in [6.07, 6.45) is 0. The molecule has 3 nitrogen and oxygen atoms in total. The quantitative estimate of drug-likeness (QED) is 0.856. The van der Waals surface area contributed by atoms with Crippen molar-refractivity contribution < 1.29 is 4.79 Å². The lowest BCUT2D eigenvalue weighted by Crippen LogP contribution is -2.23. The van der Waals surface area contributed by atoms with E-state index in [2.05, 4.69) is 17.2 Å². The van der Waals surface area contributed by atoms with Crippen LogP contribution in [0.4, 0.5) is 0 Å². The Morgan fingerprint density at radius 1 is 1.29 bits per heavy atom. The molecule has 1 amide bonds. The molecule has 0 aliphatic rings. The lowest BCUT2D eigenvalue weighted by Gasteiger charge is -2.07. The van der Waals surface area contributed by atoms with Gasteiger partial charge in [-0.05, 0) is 37.6 Å². The second-order valence-electron chi connectivity index (χ2n) is 4.77. The highest BCUT2D eigenvalue weighted by molar-refractivity contribution is 7.12. The Labute approximate surface area is 129 Å². The van der Waals surface area contributed by atoms with E-state index in [0.717, 1.165) is 26.4 Å². The van der Waals surface area contributed by atoms with Crippen molar-refractivity contribution in [2.24, 2.45) is 5.73 Å². The molecule has 4 heteroatoms. The normalized spacial score (nSPS) is 9.86. The van der Waals surface area contributed by atoms with Crippen molar-refractivity contribution in [3.63, 3.8) is 0 Å². The minimum absolute atomic E-state index is 0.0458. The number of hydrogen-bond donors (Lipinski definition) is 2. The fourth-order valence-corrected chi connectivity index (χ4v) is 2.83. The monoisotopic (exact) mass is 298 g/mol. The first-order valence-corrected chi connectivity index (χ1v) is 7.55. The summed E-state index contributed by atoms with van der Waals surface area (Å²) in [5.41, 5.74) is 8.22. The highest BCUT2D eigenvalue weighted by atomic mass is 32.1. The molecule has 1 aromatic carbocycles. The molecule has 3 N–H and O–H groups in total. The van der Waals surface area contributed by atoms with Crippen LogP contribution in [0, 0.1) is 25.7 Å². The number of amides is 1. The van der Waals surface area contributed by atoms with Crippen LogP contribution in [0.1, 0.15) is 31.2 Å². The van der Waals surface area contributed by atoms with Crippen LogP contribution >= 0.6 is 11.3 Å². The zero-order valence-corrected chi connectivity index (χ0v) is 13.0. The van der Waals surface area contributed by atoms with Crippen LogP contribution in [0.2, 0.25) is 0 Å². The van der Waals surface area contributed by atoms with Gasteiger partial charge in [-0.1, -0.05) is 29.5 Å². The van der Waals surface area contributed by atoms with Gasteiger partial charge in [0.05, 0.1) is 18.0 Å². The number of benzene rings is 1. The van der Waals surface area contributed by atoms with Crippen LogP contribution < -0.4 is 11.1 Å². The maximum atomic E-state index is 12.2. The summed E-state index contributed by atoms with van der Waals surface area (Å²) in [6, 6.07) is 9.76. The Bertz CT molecular complexity index is 707. The first-order valence-electron chi connectivity index (χ1n) is 6.73. The lowest BCUT2D eigenvalue weighted by molar-refractivity contribution is 0.0950. The van der Waals surface area contributed by atoms with Crippen LogP contribution in [0.3, 0.4) is 0 Å². The van der Waals surface area contributed by atoms with Gasteiger partial charge in [0.1, 0.15) is 0 Å². The van der Waals surface area contributed by atoms with Crippen molar-refractivity contribution in [1.29, 1.82) is 0 Å². The van der Waals surface area contributed by atoms with Gasteiger partial charge in [0.2, 0.25) is 0 Å². The first-order chi connectivity index (χ1) is 10.1. The Morgan fingerprint density at radius 2 is 2.10 bits per heavy atom. The minimum atomic E-state index is -0.0458. The molecule has 1 heterocycles. The zero-order valence-electron chi connectivity index (χ0n) is 12.2. The summed E-state index contributed by atoms with van der Waals surface area (Å²) >= 11 is 1.57. The molecule has 0 atom stereocenters. The predicted molar refractivity (Wildman–Crippen MR) is 87.3 cm³/mol. The fraction of sp³-hybridized carbons (Fsp3) is 0.235. The van der Waals surface area contributed by atoms with E-state index in [-0.39, 0.29) is 5.91 Å². The summed E-state index contributed by atoms with van der Waals surface area (Å²) in [5, 5.41) is 2.94. The van der Waals surface area contributed by atoms with Crippen molar-refractivity contribution in [3.8, 4) is 11.8 Å². The maximum Gasteiger partial charge on any atom is 0.251 e. The Balaban J connectivity index is 1.99. The van der Waals surface area contributed by atoms with Crippen molar-refractivity contribution in [1.82, 2.24) is 5.32 Å². The van der Waals surface area contributed by atoms with Crippen molar-refractivity contribution >= 4 is 17.2 Å². The van der Waals surface area contributed by atoms with Crippen LogP contribution in [-0.4, -0.2) is 12.5 Å². The second-order valence-corrected chi connectivity index (χ2v) is 5.94. The third-order valence-corrected chi connectivity index (χ3v) is 4.03. The van der Waals surface area contributed by atoms with Crippen molar-refractivity contribution in [2.45, 2.75) is 20.4 Å². The average molecular weight is 298 g/mol. The molecule has 0 saturated heterocycles. The number of rotatable bonds is 3. The van der Waals surface area contributed by atoms with Gasteiger partial charge in [0.15, 0.2) is 0 Å². The highest BCUT2D eigenvalue weighted by Crippen LogP contribution is 2.16. The predicted octanol–water partition coefficient (Wildman–Crippen LogP) is 2.61. The van der Waals surface area contributed by atoms with Gasteiger partial charge < -0.3 is 11.1 Å². The summed E-state index contributed by atoms with van der Waals surface area (Å²) in [7, 11) is 0. The van der Waals surface area contributed by atoms with Crippen LogP contribution in [0.15, 0.2) is 30.3 Å². The molecule has 1 aromatic heterocycles. The Kier molecular flexibility index (Phi) is 5.15. The number of thiophene rings is 1. The molecule has 0 saturated carbocycles. The second kappa shape index (κ2) is 7.07. The van der Waals surface area contributed by atoms with E-state index in [0.29, 0.717) is 13.1 Å². The highest BCUT2D eigenvalue weighted by Gasteiger charge is 2.09. The average Bonchev–Trinajstić information content (AvgIpc) is 2.90. The summed E-state index contributed by atoms with van der Waals surface area (Å²) < 4.78 is 0. The molecule has 0 bridgehead atoms. The number of hydrogen-bond acceptors (Lipinski definition) is 3. The number of nitrogens with one attached hydrogen (secondary N) is 1. The van der Waals surface area contributed by atoms with Gasteiger partial charge in [-0.2, -0.15) is 0 Å². The summed E-state index contributed by atoms with van der Waals surface area (Å²) in [4.78, 5) is 14.2. The zero-order chi connectivity index (χ0) is 15.2. The lowest BCUT2D eigenvalue weighted by atomic mass is 10.1. The van der Waals surface area contributed by atoms with Gasteiger partial charge in [-0.15, -0.1) is 11.3 Å². The van der Waals surface area contributed by atoms with E-state index in [1.54, 1.807) is 11.3 Å². The van der Waals surface area contributed by atoms with Crippen LogP contribution in [0.5, 0.6) is 0 Å². The number of nitrogens with two attached hydrogens (primary N) is 1. The summed E-state index contributed by atoms with van der Waals surface area (Å²) in [5.74, 6) is 5.77. The summed E-state index contributed by atoms with van der Waals surface area (Å²) in [6.45, 7) is 4.84. The molecule has 21 heavy (non-hydrogen) atoms. The molecule has 2 rings (SSSR count). The van der Waals surface area contributed by atoms with E-state index >= 15 is 0 Å². The fourth-order valence-electron chi connectivity index (χ4n) is 2.01. The van der Waals surface area contributed by atoms with E-state index in [4.69, 9.17) is 5.73 Å². The SMILES string of the molecule is Cc1ccc(C(=O)NCc2ccc(C#CCN)s2)c(C)c1. The molecule has 108 valence electrons. The third kappa shape index (κ3) is 4.19. The Hall–Kier alpha value is -2.09. The first kappa shape index (κ1) is 15.3. The third-order valence-electron chi connectivity index (χ3n) is 3.03. The molecule has 0 radical (unpaired) electrons. The van der Waals surface area contributed by atoms with Crippen molar-refractivity contribution in [2.75, 3.05) is 6.54 Å². The van der Waals surface area contributed by atoms with Crippen LogP contribution in [0.25, 0.3) is 0 Å². The number of aryl methyl sites for hydroxylation is 2. The molecule has 0 fully saturated rings. The van der Waals surface area contributed by atoms with E-state index in [1.807, 2.05) is 44.2 Å². The van der Waals surface area contributed by atoms with Gasteiger partial charge in [-0.3, -0.25) is 4.79 Å².